The highest BCUT2D eigenvalue weighted by atomic mass is 16.3. The first-order valence-electron chi connectivity index (χ1n) is 23.3. The van der Waals surface area contributed by atoms with Crippen LogP contribution in [0.2, 0.25) is 0 Å². The Morgan fingerprint density at radius 2 is 0.676 bits per heavy atom. The Balaban J connectivity index is 0.835. The zero-order valence-corrected chi connectivity index (χ0v) is 37.2. The van der Waals surface area contributed by atoms with Crippen LogP contribution < -0.4 is 4.90 Å². The highest BCUT2D eigenvalue weighted by Gasteiger charge is 2.16. The number of benzene rings is 12. The van der Waals surface area contributed by atoms with E-state index in [0.29, 0.717) is 0 Å². The van der Waals surface area contributed by atoms with Crippen LogP contribution in [0, 0.1) is 0 Å². The van der Waals surface area contributed by atoms with Gasteiger partial charge in [-0.25, -0.2) is 0 Å². The molecule has 12 aromatic carbocycles. The Hall–Kier alpha value is -8.98. The second-order valence-corrected chi connectivity index (χ2v) is 17.7. The van der Waals surface area contributed by atoms with Crippen LogP contribution in [0.15, 0.2) is 265 Å². The van der Waals surface area contributed by atoms with E-state index in [0.717, 1.165) is 56.0 Å². The molecular weight excluding hydrogens is 823 g/mol. The van der Waals surface area contributed by atoms with E-state index in [1.165, 1.54) is 70.9 Å². The molecule has 1 heterocycles. The third-order valence-corrected chi connectivity index (χ3v) is 13.7. The average molecular weight is 866 g/mol. The molecule has 0 bridgehead atoms. The van der Waals surface area contributed by atoms with Gasteiger partial charge in [0.1, 0.15) is 11.3 Å². The van der Waals surface area contributed by atoms with E-state index < -0.39 is 0 Å². The molecule has 0 fully saturated rings. The summed E-state index contributed by atoms with van der Waals surface area (Å²) < 4.78 is 6.20. The van der Waals surface area contributed by atoms with Gasteiger partial charge in [-0.15, -0.1) is 0 Å². The summed E-state index contributed by atoms with van der Waals surface area (Å²) in [5.41, 5.74) is 14.7. The van der Waals surface area contributed by atoms with Gasteiger partial charge in [-0.2, -0.15) is 0 Å². The fourth-order valence-electron chi connectivity index (χ4n) is 10.2. The summed E-state index contributed by atoms with van der Waals surface area (Å²) in [6.45, 7) is 0. The van der Waals surface area contributed by atoms with E-state index in [1.807, 2.05) is 18.2 Å². The molecule has 13 aromatic rings. The maximum Gasteiger partial charge on any atom is 0.135 e. The molecular formula is C66H43NO. The van der Waals surface area contributed by atoms with Crippen molar-refractivity contribution in [2.24, 2.45) is 0 Å². The fourth-order valence-corrected chi connectivity index (χ4v) is 10.2. The Morgan fingerprint density at radius 3 is 1.34 bits per heavy atom. The van der Waals surface area contributed by atoms with Crippen molar-refractivity contribution in [2.45, 2.75) is 0 Å². The van der Waals surface area contributed by atoms with Crippen molar-refractivity contribution in [1.82, 2.24) is 0 Å². The Kier molecular flexibility index (Phi) is 9.54. The number of fused-ring (bicyclic) bond motifs is 7. The zero-order chi connectivity index (χ0) is 45.0. The van der Waals surface area contributed by atoms with Gasteiger partial charge in [0.15, 0.2) is 0 Å². The summed E-state index contributed by atoms with van der Waals surface area (Å²) in [6, 6.07) is 94.5. The summed E-state index contributed by atoms with van der Waals surface area (Å²) in [6.07, 6.45) is 0. The number of anilines is 3. The standard InChI is InChI=1S/C66H43NO/c1-4-15-59-48(10-1)24-25-53-40-51(32-39-61(53)59)47-28-35-57(36-29-47)67(58-37-30-49(31-38-58)64-42-52-11-2-5-16-60(52)62-17-6-7-18-63(62)64)56-33-26-45(27-34-56)44-20-22-46(23-21-44)50-13-9-14-54(41-50)66-43-55-12-3-8-19-65(55)68-66/h1-43H. The monoisotopic (exact) mass is 865 g/mol. The maximum atomic E-state index is 6.20. The SMILES string of the molecule is c1cc(-c2ccc(-c3ccc(N(c4ccc(-c5ccc6c(ccc7ccccc76)c5)cc4)c4ccc(-c5cc6ccccc6c6ccccc56)cc4)cc3)cc2)cc(-c2cc3ccccc3o2)c1. The van der Waals surface area contributed by atoms with E-state index >= 15 is 0 Å². The van der Waals surface area contributed by atoms with Crippen molar-refractivity contribution >= 4 is 71.1 Å². The molecule has 318 valence electrons. The van der Waals surface area contributed by atoms with Crippen molar-refractivity contribution in [3.8, 4) is 55.8 Å². The summed E-state index contributed by atoms with van der Waals surface area (Å²) in [5, 5.41) is 11.2. The van der Waals surface area contributed by atoms with Crippen molar-refractivity contribution < 1.29 is 4.42 Å². The van der Waals surface area contributed by atoms with Crippen LogP contribution in [0.3, 0.4) is 0 Å². The van der Waals surface area contributed by atoms with Gasteiger partial charge in [0.05, 0.1) is 0 Å². The lowest BCUT2D eigenvalue weighted by Crippen LogP contribution is -2.09. The molecule has 2 nitrogen and oxygen atoms in total. The Morgan fingerprint density at radius 1 is 0.235 bits per heavy atom. The molecule has 0 saturated heterocycles. The van der Waals surface area contributed by atoms with Gasteiger partial charge < -0.3 is 9.32 Å². The minimum Gasteiger partial charge on any atom is -0.456 e. The van der Waals surface area contributed by atoms with Crippen LogP contribution in [0.1, 0.15) is 0 Å². The average Bonchev–Trinajstić information content (AvgIpc) is 3.86. The molecule has 0 aliphatic rings. The molecule has 0 spiro atoms. The lowest BCUT2D eigenvalue weighted by Gasteiger charge is -2.26. The van der Waals surface area contributed by atoms with E-state index in [2.05, 4.69) is 248 Å². The largest absolute Gasteiger partial charge is 0.456 e. The number of rotatable bonds is 8. The minimum absolute atomic E-state index is 0.878. The third-order valence-electron chi connectivity index (χ3n) is 13.7. The lowest BCUT2D eigenvalue weighted by atomic mass is 9.93. The van der Waals surface area contributed by atoms with Crippen LogP contribution in [0.25, 0.3) is 110 Å². The molecule has 0 aliphatic heterocycles. The molecule has 0 saturated carbocycles. The van der Waals surface area contributed by atoms with Crippen LogP contribution in [0.4, 0.5) is 17.1 Å². The van der Waals surface area contributed by atoms with Crippen LogP contribution >= 0.6 is 0 Å². The number of hydrogen-bond donors (Lipinski definition) is 0. The van der Waals surface area contributed by atoms with E-state index in [4.69, 9.17) is 4.42 Å². The van der Waals surface area contributed by atoms with Crippen molar-refractivity contribution in [3.05, 3.63) is 261 Å². The summed E-state index contributed by atoms with van der Waals surface area (Å²) in [7, 11) is 0. The van der Waals surface area contributed by atoms with E-state index in [-0.39, 0.29) is 0 Å². The quantitative estimate of drug-likeness (QED) is 0.142. The molecule has 2 heteroatoms. The molecule has 0 unspecified atom stereocenters. The van der Waals surface area contributed by atoms with Crippen LogP contribution in [-0.2, 0) is 0 Å². The van der Waals surface area contributed by atoms with Gasteiger partial charge in [-0.3, -0.25) is 0 Å². The van der Waals surface area contributed by atoms with Gasteiger partial charge in [-0.05, 0) is 154 Å². The Bertz CT molecular complexity index is 3960. The second kappa shape index (κ2) is 16.5. The van der Waals surface area contributed by atoms with Crippen molar-refractivity contribution in [3.63, 3.8) is 0 Å². The lowest BCUT2D eigenvalue weighted by molar-refractivity contribution is 0.631. The first-order valence-corrected chi connectivity index (χ1v) is 23.3. The van der Waals surface area contributed by atoms with Gasteiger partial charge >= 0.3 is 0 Å². The summed E-state index contributed by atoms with van der Waals surface area (Å²) in [5.74, 6) is 0.878. The predicted molar refractivity (Wildman–Crippen MR) is 288 cm³/mol. The molecule has 0 aliphatic carbocycles. The van der Waals surface area contributed by atoms with E-state index in [1.54, 1.807) is 0 Å². The number of para-hydroxylation sites is 1. The Labute approximate surface area is 395 Å². The predicted octanol–water partition coefficient (Wildman–Crippen LogP) is 18.9. The van der Waals surface area contributed by atoms with Crippen LogP contribution in [-0.4, -0.2) is 0 Å². The van der Waals surface area contributed by atoms with Gasteiger partial charge in [0.2, 0.25) is 0 Å². The molecule has 13 rings (SSSR count). The molecule has 1 aromatic heterocycles. The smallest absolute Gasteiger partial charge is 0.135 e. The normalized spacial score (nSPS) is 11.5. The number of nitrogens with zero attached hydrogens (tertiary/aromatic N) is 1. The molecule has 0 N–H and O–H groups in total. The van der Waals surface area contributed by atoms with E-state index in [9.17, 15) is 0 Å². The molecule has 0 radical (unpaired) electrons. The van der Waals surface area contributed by atoms with Gasteiger partial charge in [0, 0.05) is 28.0 Å². The van der Waals surface area contributed by atoms with Gasteiger partial charge in [-0.1, -0.05) is 194 Å². The van der Waals surface area contributed by atoms with Crippen LogP contribution in [0.5, 0.6) is 0 Å². The summed E-state index contributed by atoms with van der Waals surface area (Å²) in [4.78, 5) is 2.36. The number of hydrogen-bond acceptors (Lipinski definition) is 2. The van der Waals surface area contributed by atoms with Crippen molar-refractivity contribution in [2.75, 3.05) is 4.90 Å². The first-order chi connectivity index (χ1) is 33.7. The first kappa shape index (κ1) is 39.4. The fraction of sp³-hybridized carbons (Fsp3) is 0. The van der Waals surface area contributed by atoms with Gasteiger partial charge in [0.25, 0.3) is 0 Å². The minimum atomic E-state index is 0.878. The molecule has 0 atom stereocenters. The van der Waals surface area contributed by atoms with Crippen molar-refractivity contribution in [1.29, 1.82) is 0 Å². The molecule has 0 amide bonds. The highest BCUT2D eigenvalue weighted by Crippen LogP contribution is 2.41. The topological polar surface area (TPSA) is 16.4 Å². The zero-order valence-electron chi connectivity index (χ0n) is 37.2. The second-order valence-electron chi connectivity index (χ2n) is 17.7. The maximum absolute atomic E-state index is 6.20. The summed E-state index contributed by atoms with van der Waals surface area (Å²) >= 11 is 0. The number of furan rings is 1. The third kappa shape index (κ3) is 7.08. The molecule has 68 heavy (non-hydrogen) atoms. The highest BCUT2D eigenvalue weighted by molar-refractivity contribution is 6.14.